The summed E-state index contributed by atoms with van der Waals surface area (Å²) in [6.45, 7) is 0. The first-order valence-electron chi connectivity index (χ1n) is 7.22. The Morgan fingerprint density at radius 1 is 1.08 bits per heavy atom. The zero-order valence-electron chi connectivity index (χ0n) is 13.9. The van der Waals surface area contributed by atoms with Crippen molar-refractivity contribution < 1.29 is 14.3 Å². The lowest BCUT2D eigenvalue weighted by Crippen LogP contribution is -2.37. The quantitative estimate of drug-likeness (QED) is 0.611. The van der Waals surface area contributed by atoms with Crippen molar-refractivity contribution >= 4 is 46.9 Å². The van der Waals surface area contributed by atoms with Crippen LogP contribution in [-0.4, -0.2) is 33.6 Å². The Labute approximate surface area is 156 Å². The molecule has 0 bridgehead atoms. The lowest BCUT2D eigenvalue weighted by Gasteiger charge is -2.18. The van der Waals surface area contributed by atoms with Gasteiger partial charge in [0.2, 0.25) is 0 Å². The normalized spacial score (nSPS) is 10.6. The van der Waals surface area contributed by atoms with Gasteiger partial charge in [-0.05, 0) is 36.4 Å². The molecule has 25 heavy (non-hydrogen) atoms. The van der Waals surface area contributed by atoms with Gasteiger partial charge in [0.05, 0.1) is 35.6 Å². The van der Waals surface area contributed by atoms with Gasteiger partial charge in [-0.1, -0.05) is 23.2 Å². The average Bonchev–Trinajstić information content (AvgIpc) is 2.62. The summed E-state index contributed by atoms with van der Waals surface area (Å²) in [5.74, 6) is 1.06. The van der Waals surface area contributed by atoms with Crippen molar-refractivity contribution in [1.29, 1.82) is 0 Å². The molecule has 8 heteroatoms. The van der Waals surface area contributed by atoms with E-state index in [1.165, 1.54) is 32.5 Å². The fourth-order valence-corrected chi connectivity index (χ4v) is 2.53. The van der Waals surface area contributed by atoms with E-state index in [4.69, 9.17) is 32.7 Å². The summed E-state index contributed by atoms with van der Waals surface area (Å²) in [6.07, 6.45) is 1.38. The van der Waals surface area contributed by atoms with Crippen LogP contribution in [0.2, 0.25) is 10.0 Å². The molecule has 0 fully saturated rings. The molecule has 0 aliphatic carbocycles. The van der Waals surface area contributed by atoms with Crippen molar-refractivity contribution in [3.63, 3.8) is 0 Å². The molecule has 2 amide bonds. The topological polar surface area (TPSA) is 63.2 Å². The zero-order valence-corrected chi connectivity index (χ0v) is 15.4. The fourth-order valence-electron chi connectivity index (χ4n) is 2.02. The third kappa shape index (κ3) is 4.55. The molecule has 0 unspecified atom stereocenters. The maximum Gasteiger partial charge on any atom is 0.326 e. The Morgan fingerprint density at radius 3 is 2.20 bits per heavy atom. The smallest absolute Gasteiger partial charge is 0.326 e. The minimum absolute atomic E-state index is 0.371. The van der Waals surface area contributed by atoms with Gasteiger partial charge in [-0.3, -0.25) is 4.90 Å². The highest BCUT2D eigenvalue weighted by molar-refractivity contribution is 6.32. The Hall–Kier alpha value is -2.44. The van der Waals surface area contributed by atoms with Gasteiger partial charge < -0.3 is 14.8 Å². The number of nitrogens with one attached hydrogen (secondary N) is 1. The van der Waals surface area contributed by atoms with Crippen LogP contribution in [0.3, 0.4) is 0 Å². The highest BCUT2D eigenvalue weighted by Crippen LogP contribution is 2.30. The van der Waals surface area contributed by atoms with Crippen molar-refractivity contribution in [2.45, 2.75) is 0 Å². The van der Waals surface area contributed by atoms with E-state index in [9.17, 15) is 4.79 Å². The summed E-state index contributed by atoms with van der Waals surface area (Å²) in [4.78, 5) is 17.8. The highest BCUT2D eigenvalue weighted by atomic mass is 35.5. The second-order valence-corrected chi connectivity index (χ2v) is 5.62. The van der Waals surface area contributed by atoms with E-state index in [-0.39, 0.29) is 6.03 Å². The number of halogens is 2. The van der Waals surface area contributed by atoms with Crippen LogP contribution in [0.25, 0.3) is 0 Å². The molecule has 0 heterocycles. The van der Waals surface area contributed by atoms with Crippen LogP contribution in [0.5, 0.6) is 11.5 Å². The van der Waals surface area contributed by atoms with Gasteiger partial charge >= 0.3 is 6.03 Å². The molecule has 0 aliphatic heterocycles. The summed E-state index contributed by atoms with van der Waals surface area (Å²) in [5.41, 5.74) is 1.10. The van der Waals surface area contributed by atoms with E-state index in [1.54, 1.807) is 36.4 Å². The number of aliphatic imine (C=N–C) groups is 1. The summed E-state index contributed by atoms with van der Waals surface area (Å²) in [6, 6.07) is 9.68. The minimum Gasteiger partial charge on any atom is -0.495 e. The third-order valence-electron chi connectivity index (χ3n) is 3.30. The summed E-state index contributed by atoms with van der Waals surface area (Å²) in [7, 11) is 4.58. The van der Waals surface area contributed by atoms with Gasteiger partial charge in [-0.2, -0.15) is 0 Å². The number of nitrogens with zero attached hydrogens (tertiary/aromatic N) is 2. The number of rotatable bonds is 5. The summed E-state index contributed by atoms with van der Waals surface area (Å²) < 4.78 is 10.2. The first-order valence-corrected chi connectivity index (χ1v) is 7.98. The van der Waals surface area contributed by atoms with E-state index in [0.29, 0.717) is 32.9 Å². The number of hydrogen-bond donors (Lipinski definition) is 1. The predicted molar refractivity (Wildman–Crippen MR) is 101 cm³/mol. The Morgan fingerprint density at radius 2 is 1.68 bits per heavy atom. The van der Waals surface area contributed by atoms with Crippen LogP contribution in [0, 0.1) is 0 Å². The number of urea groups is 1. The number of carbonyl (C=O) groups excluding carboxylic acids is 1. The average molecular weight is 382 g/mol. The van der Waals surface area contributed by atoms with Crippen molar-refractivity contribution in [1.82, 2.24) is 5.32 Å². The van der Waals surface area contributed by atoms with Gasteiger partial charge in [0.1, 0.15) is 17.8 Å². The fraction of sp³-hybridized carbons (Fsp3) is 0.176. The van der Waals surface area contributed by atoms with E-state index in [1.807, 2.05) is 0 Å². The van der Waals surface area contributed by atoms with Gasteiger partial charge in [0.15, 0.2) is 0 Å². The summed E-state index contributed by atoms with van der Waals surface area (Å²) >= 11 is 12.2. The molecule has 0 saturated heterocycles. The van der Waals surface area contributed by atoms with E-state index < -0.39 is 0 Å². The number of anilines is 1. The number of carbonyl (C=O) groups is 1. The molecule has 0 spiro atoms. The number of hydrogen-bond acceptors (Lipinski definition) is 4. The molecule has 2 rings (SSSR count). The minimum atomic E-state index is -0.371. The monoisotopic (exact) mass is 381 g/mol. The summed E-state index contributed by atoms with van der Waals surface area (Å²) in [5, 5.41) is 3.36. The van der Waals surface area contributed by atoms with E-state index in [2.05, 4.69) is 10.3 Å². The van der Waals surface area contributed by atoms with Crippen molar-refractivity contribution in [2.24, 2.45) is 4.99 Å². The Bertz CT molecular complexity index is 797. The highest BCUT2D eigenvalue weighted by Gasteiger charge is 2.14. The van der Waals surface area contributed by atoms with Gasteiger partial charge in [0.25, 0.3) is 0 Å². The molecule has 0 aliphatic rings. The van der Waals surface area contributed by atoms with Crippen LogP contribution < -0.4 is 19.7 Å². The van der Waals surface area contributed by atoms with Crippen LogP contribution in [0.4, 0.5) is 16.2 Å². The first kappa shape index (κ1) is 18.9. The van der Waals surface area contributed by atoms with Crippen LogP contribution in [-0.2, 0) is 0 Å². The molecule has 1 N–H and O–H groups in total. The first-order chi connectivity index (χ1) is 12.0. The maximum absolute atomic E-state index is 12.2. The molecule has 2 aromatic rings. The van der Waals surface area contributed by atoms with Gasteiger partial charge in [-0.15, -0.1) is 0 Å². The second kappa shape index (κ2) is 8.60. The maximum atomic E-state index is 12.2. The second-order valence-electron chi connectivity index (χ2n) is 4.81. The van der Waals surface area contributed by atoms with Crippen molar-refractivity contribution in [3.8, 4) is 11.5 Å². The van der Waals surface area contributed by atoms with Gasteiger partial charge in [0, 0.05) is 7.05 Å². The SMILES string of the molecule is CNC(=O)N(C=Nc1ccc(OC)c(Cl)c1)c1ccc(OC)c(Cl)c1. The van der Waals surface area contributed by atoms with Crippen LogP contribution in [0.1, 0.15) is 0 Å². The Balaban J connectivity index is 2.33. The lowest BCUT2D eigenvalue weighted by molar-refractivity contribution is 0.251. The molecular formula is C17H17Cl2N3O3. The molecule has 0 atom stereocenters. The number of benzene rings is 2. The van der Waals surface area contributed by atoms with Crippen LogP contribution in [0.15, 0.2) is 41.4 Å². The van der Waals surface area contributed by atoms with Crippen molar-refractivity contribution in [3.05, 3.63) is 46.4 Å². The largest absolute Gasteiger partial charge is 0.495 e. The molecule has 0 radical (unpaired) electrons. The molecule has 6 nitrogen and oxygen atoms in total. The molecule has 0 aromatic heterocycles. The predicted octanol–water partition coefficient (Wildman–Crippen LogP) is 4.52. The number of ether oxygens (including phenoxy) is 2. The number of methoxy groups -OCH3 is 2. The van der Waals surface area contributed by atoms with Crippen molar-refractivity contribution in [2.75, 3.05) is 26.2 Å². The third-order valence-corrected chi connectivity index (χ3v) is 3.89. The van der Waals surface area contributed by atoms with Crippen LogP contribution >= 0.6 is 23.2 Å². The van der Waals surface area contributed by atoms with Gasteiger partial charge in [-0.25, -0.2) is 9.79 Å². The Kier molecular flexibility index (Phi) is 6.50. The molecule has 2 aromatic carbocycles. The lowest BCUT2D eigenvalue weighted by atomic mass is 10.3. The molecular weight excluding hydrogens is 365 g/mol. The van der Waals surface area contributed by atoms with E-state index in [0.717, 1.165) is 0 Å². The number of amides is 2. The molecule has 132 valence electrons. The van der Waals surface area contributed by atoms with E-state index >= 15 is 0 Å². The standard InChI is InChI=1S/C17H17Cl2N3O3/c1-20-17(23)22(12-5-7-16(25-3)14(19)9-12)10-21-11-4-6-15(24-2)13(18)8-11/h4-10H,1-3H3,(H,20,23). The molecule has 0 saturated carbocycles. The zero-order chi connectivity index (χ0) is 18.4.